The second-order valence-electron chi connectivity index (χ2n) is 4.22. The molecule has 1 unspecified atom stereocenters. The van der Waals surface area contributed by atoms with Crippen molar-refractivity contribution in [1.29, 1.82) is 0 Å². The van der Waals surface area contributed by atoms with E-state index in [1.165, 1.54) is 0 Å². The number of aryl methyl sites for hydroxylation is 1. The number of imidazole rings is 1. The fourth-order valence-electron chi connectivity index (χ4n) is 2.11. The number of carbonyl (C=O) groups excluding carboxylic acids is 1. The number of amides is 1. The predicted molar refractivity (Wildman–Crippen MR) is 66.5 cm³/mol. The van der Waals surface area contributed by atoms with Crippen molar-refractivity contribution in [1.82, 2.24) is 14.5 Å². The summed E-state index contributed by atoms with van der Waals surface area (Å²) in [5.41, 5.74) is 0.976. The van der Waals surface area contributed by atoms with E-state index in [9.17, 15) is 4.79 Å². The van der Waals surface area contributed by atoms with Gasteiger partial charge in [-0.25, -0.2) is 0 Å². The molecule has 2 rings (SSSR count). The molecule has 2 heterocycles. The van der Waals surface area contributed by atoms with E-state index in [1.54, 1.807) is 0 Å². The summed E-state index contributed by atoms with van der Waals surface area (Å²) in [6.45, 7) is 6.40. The Morgan fingerprint density at radius 3 is 2.71 bits per heavy atom. The highest BCUT2D eigenvalue weighted by Crippen LogP contribution is 2.15. The molecule has 1 fully saturated rings. The van der Waals surface area contributed by atoms with E-state index < -0.39 is 0 Å². The molecule has 0 saturated carbocycles. The van der Waals surface area contributed by atoms with Crippen LogP contribution in [-0.4, -0.2) is 46.7 Å². The Kier molecular flexibility index (Phi) is 3.63. The van der Waals surface area contributed by atoms with Crippen molar-refractivity contribution in [3.05, 3.63) is 16.7 Å². The number of nitrogens with one attached hydrogen (secondary N) is 1. The molecule has 1 N–H and O–H groups in total. The van der Waals surface area contributed by atoms with Crippen molar-refractivity contribution < 1.29 is 9.53 Å². The number of carbonyl (C=O) groups is 1. The van der Waals surface area contributed by atoms with Gasteiger partial charge in [0.25, 0.3) is 0 Å². The molecule has 5 nitrogen and oxygen atoms in total. The first kappa shape index (κ1) is 12.3. The molecule has 1 aliphatic rings. The van der Waals surface area contributed by atoms with E-state index in [2.05, 4.69) is 4.98 Å². The van der Waals surface area contributed by atoms with Crippen molar-refractivity contribution >= 4 is 18.1 Å². The van der Waals surface area contributed by atoms with Crippen LogP contribution in [0.2, 0.25) is 0 Å². The van der Waals surface area contributed by atoms with Crippen LogP contribution in [0.25, 0.3) is 0 Å². The summed E-state index contributed by atoms with van der Waals surface area (Å²) >= 11 is 5.18. The molecular formula is C11H17N3O2S. The first-order chi connectivity index (χ1) is 8.11. The zero-order valence-electron chi connectivity index (χ0n) is 10.1. The largest absolute Gasteiger partial charge is 0.378 e. The fraction of sp³-hybridized carbons (Fsp3) is 0.636. The maximum Gasteiger partial charge on any atom is 0.245 e. The summed E-state index contributed by atoms with van der Waals surface area (Å²) in [6, 6.07) is -0.258. The van der Waals surface area contributed by atoms with Gasteiger partial charge in [-0.1, -0.05) is 0 Å². The molecule has 1 saturated heterocycles. The van der Waals surface area contributed by atoms with E-state index in [0.717, 1.165) is 5.69 Å². The SMILES string of the molecule is Cc1c[nH]c(=S)n1C(C)C(=O)N1CCOCC1. The highest BCUT2D eigenvalue weighted by molar-refractivity contribution is 7.71. The third kappa shape index (κ3) is 2.42. The average molecular weight is 255 g/mol. The Labute approximate surface area is 105 Å². The first-order valence-electron chi connectivity index (χ1n) is 5.74. The molecule has 6 heteroatoms. The molecular weight excluding hydrogens is 238 g/mol. The lowest BCUT2D eigenvalue weighted by atomic mass is 10.2. The molecule has 1 amide bonds. The number of nitrogens with zero attached hydrogens (tertiary/aromatic N) is 2. The molecule has 1 aromatic heterocycles. The number of H-pyrrole nitrogens is 1. The average Bonchev–Trinajstić information content (AvgIpc) is 2.68. The van der Waals surface area contributed by atoms with E-state index in [0.29, 0.717) is 31.1 Å². The van der Waals surface area contributed by atoms with Crippen LogP contribution >= 0.6 is 12.2 Å². The number of morpholine rings is 1. The van der Waals surface area contributed by atoms with Gasteiger partial charge >= 0.3 is 0 Å². The summed E-state index contributed by atoms with van der Waals surface area (Å²) in [5.74, 6) is 0.104. The highest BCUT2D eigenvalue weighted by Gasteiger charge is 2.24. The van der Waals surface area contributed by atoms with Crippen molar-refractivity contribution in [2.24, 2.45) is 0 Å². The lowest BCUT2D eigenvalue weighted by Crippen LogP contribution is -2.43. The Morgan fingerprint density at radius 2 is 2.18 bits per heavy atom. The molecule has 94 valence electrons. The number of hydrogen-bond acceptors (Lipinski definition) is 3. The summed E-state index contributed by atoms with van der Waals surface area (Å²) in [5, 5.41) is 0. The molecule has 0 radical (unpaired) electrons. The standard InChI is InChI=1S/C11H17N3O2S/c1-8-7-12-11(17)14(8)9(2)10(15)13-3-5-16-6-4-13/h7,9H,3-6H2,1-2H3,(H,12,17). The van der Waals surface area contributed by atoms with Crippen LogP contribution in [0.1, 0.15) is 18.7 Å². The zero-order valence-corrected chi connectivity index (χ0v) is 10.9. The number of aromatic amines is 1. The van der Waals surface area contributed by atoms with Gasteiger partial charge in [0.1, 0.15) is 6.04 Å². The molecule has 0 spiro atoms. The third-order valence-electron chi connectivity index (χ3n) is 3.07. The maximum atomic E-state index is 12.3. The Bertz CT molecular complexity index is 460. The number of rotatable bonds is 2. The Morgan fingerprint density at radius 1 is 1.53 bits per heavy atom. The minimum atomic E-state index is -0.258. The van der Waals surface area contributed by atoms with Gasteiger partial charge < -0.3 is 19.2 Å². The van der Waals surface area contributed by atoms with Gasteiger partial charge in [0.2, 0.25) is 5.91 Å². The molecule has 1 atom stereocenters. The predicted octanol–water partition coefficient (Wildman–Crippen LogP) is 1.27. The van der Waals surface area contributed by atoms with Crippen LogP contribution in [0.3, 0.4) is 0 Å². The smallest absolute Gasteiger partial charge is 0.245 e. The second-order valence-corrected chi connectivity index (χ2v) is 4.61. The molecule has 17 heavy (non-hydrogen) atoms. The van der Waals surface area contributed by atoms with Gasteiger partial charge in [-0.2, -0.15) is 0 Å². The van der Waals surface area contributed by atoms with Crippen LogP contribution in [0.15, 0.2) is 6.20 Å². The quantitative estimate of drug-likeness (QED) is 0.810. The van der Waals surface area contributed by atoms with Gasteiger partial charge in [0, 0.05) is 25.0 Å². The lowest BCUT2D eigenvalue weighted by molar-refractivity contribution is -0.138. The lowest BCUT2D eigenvalue weighted by Gasteiger charge is -2.29. The van der Waals surface area contributed by atoms with Gasteiger partial charge in [-0.05, 0) is 26.1 Å². The fourth-order valence-corrected chi connectivity index (χ4v) is 2.47. The van der Waals surface area contributed by atoms with Crippen LogP contribution in [0, 0.1) is 11.7 Å². The van der Waals surface area contributed by atoms with E-state index in [4.69, 9.17) is 17.0 Å². The van der Waals surface area contributed by atoms with Crippen LogP contribution in [0.5, 0.6) is 0 Å². The van der Waals surface area contributed by atoms with Crippen molar-refractivity contribution in [3.63, 3.8) is 0 Å². The Hall–Kier alpha value is -1.14. The van der Waals surface area contributed by atoms with Gasteiger partial charge in [-0.15, -0.1) is 0 Å². The van der Waals surface area contributed by atoms with Crippen molar-refractivity contribution in [2.45, 2.75) is 19.9 Å². The van der Waals surface area contributed by atoms with Crippen LogP contribution in [0.4, 0.5) is 0 Å². The minimum absolute atomic E-state index is 0.104. The normalized spacial score (nSPS) is 18.1. The first-order valence-corrected chi connectivity index (χ1v) is 6.15. The molecule has 0 bridgehead atoms. The molecule has 0 aliphatic carbocycles. The van der Waals surface area contributed by atoms with E-state index in [-0.39, 0.29) is 11.9 Å². The molecule has 0 aromatic carbocycles. The second kappa shape index (κ2) is 5.01. The summed E-state index contributed by atoms with van der Waals surface area (Å²) in [7, 11) is 0. The van der Waals surface area contributed by atoms with Crippen molar-refractivity contribution in [3.8, 4) is 0 Å². The highest BCUT2D eigenvalue weighted by atomic mass is 32.1. The zero-order chi connectivity index (χ0) is 12.4. The third-order valence-corrected chi connectivity index (χ3v) is 3.39. The molecule has 1 aliphatic heterocycles. The van der Waals surface area contributed by atoms with Gasteiger partial charge in [-0.3, -0.25) is 4.79 Å². The van der Waals surface area contributed by atoms with Gasteiger partial charge in [0.15, 0.2) is 4.77 Å². The van der Waals surface area contributed by atoms with Gasteiger partial charge in [0.05, 0.1) is 13.2 Å². The minimum Gasteiger partial charge on any atom is -0.378 e. The van der Waals surface area contributed by atoms with E-state index >= 15 is 0 Å². The summed E-state index contributed by atoms with van der Waals surface area (Å²) in [4.78, 5) is 17.1. The van der Waals surface area contributed by atoms with E-state index in [1.807, 2.05) is 29.5 Å². The topological polar surface area (TPSA) is 50.3 Å². The summed E-state index contributed by atoms with van der Waals surface area (Å²) < 4.78 is 7.69. The maximum absolute atomic E-state index is 12.3. The van der Waals surface area contributed by atoms with Crippen LogP contribution in [-0.2, 0) is 9.53 Å². The number of hydrogen-bond donors (Lipinski definition) is 1. The van der Waals surface area contributed by atoms with Crippen LogP contribution < -0.4 is 0 Å². The number of ether oxygens (including phenoxy) is 1. The van der Waals surface area contributed by atoms with Crippen molar-refractivity contribution in [2.75, 3.05) is 26.3 Å². The summed E-state index contributed by atoms with van der Waals surface area (Å²) in [6.07, 6.45) is 1.82. The molecule has 1 aromatic rings. The monoisotopic (exact) mass is 255 g/mol. The Balaban J connectivity index is 2.17. The number of aromatic nitrogens is 2.